The van der Waals surface area contributed by atoms with Crippen LogP contribution in [0.3, 0.4) is 0 Å². The number of nitrogens with one attached hydrogen (secondary N) is 1. The number of piperidine rings is 1. The molecule has 0 bridgehead atoms. The van der Waals surface area contributed by atoms with Gasteiger partial charge in [-0.15, -0.1) is 0 Å². The molecule has 148 valence electrons. The van der Waals surface area contributed by atoms with E-state index in [4.69, 9.17) is 4.74 Å². The molecule has 1 aliphatic heterocycles. The average molecular weight is 374 g/mol. The minimum absolute atomic E-state index is 0.0438. The Bertz CT molecular complexity index is 674. The first-order chi connectivity index (χ1) is 13.1. The van der Waals surface area contributed by atoms with E-state index in [9.17, 15) is 9.59 Å². The molecule has 2 amide bonds. The highest BCUT2D eigenvalue weighted by Gasteiger charge is 2.36. The van der Waals surface area contributed by atoms with Crippen LogP contribution in [0.2, 0.25) is 0 Å². The summed E-state index contributed by atoms with van der Waals surface area (Å²) < 4.78 is 10.5. The number of likely N-dealkylation sites (tertiary alicyclic amines) is 1. The van der Waals surface area contributed by atoms with Crippen LogP contribution in [-0.4, -0.2) is 43.2 Å². The van der Waals surface area contributed by atoms with E-state index in [1.54, 1.807) is 18.2 Å². The lowest BCUT2D eigenvalue weighted by Gasteiger charge is -2.44. The molecule has 6 heteroatoms. The Balaban J connectivity index is 1.84. The Morgan fingerprint density at radius 2 is 1.96 bits per heavy atom. The number of anilines is 1. The van der Waals surface area contributed by atoms with E-state index in [-0.39, 0.29) is 5.91 Å². The fourth-order valence-corrected chi connectivity index (χ4v) is 4.31. The minimum Gasteiger partial charge on any atom is -0.493 e. The van der Waals surface area contributed by atoms with Crippen molar-refractivity contribution in [3.63, 3.8) is 0 Å². The van der Waals surface area contributed by atoms with Gasteiger partial charge in [0.25, 0.3) is 5.91 Å². The first-order valence-corrected chi connectivity index (χ1v) is 10.1. The average Bonchev–Trinajstić information content (AvgIpc) is 2.71. The highest BCUT2D eigenvalue weighted by atomic mass is 16.5. The molecule has 0 unspecified atom stereocenters. The smallest absolute Gasteiger partial charge is 0.411 e. The van der Waals surface area contributed by atoms with Gasteiger partial charge in [0, 0.05) is 24.3 Å². The third-order valence-electron chi connectivity index (χ3n) is 5.61. The second-order valence-electron chi connectivity index (χ2n) is 7.43. The van der Waals surface area contributed by atoms with Gasteiger partial charge in [-0.05, 0) is 50.2 Å². The number of nitrogens with zero attached hydrogens (tertiary/aromatic N) is 1. The van der Waals surface area contributed by atoms with Crippen molar-refractivity contribution < 1.29 is 19.1 Å². The lowest BCUT2D eigenvalue weighted by Crippen LogP contribution is -2.49. The normalized spacial score (nSPS) is 21.9. The summed E-state index contributed by atoms with van der Waals surface area (Å²) in [6.07, 6.45) is 7.41. The zero-order chi connectivity index (χ0) is 19.2. The Morgan fingerprint density at radius 3 is 2.74 bits per heavy atom. The van der Waals surface area contributed by atoms with Gasteiger partial charge in [0.05, 0.1) is 19.3 Å². The maximum atomic E-state index is 13.4. The van der Waals surface area contributed by atoms with Gasteiger partial charge in [-0.3, -0.25) is 10.1 Å². The fourth-order valence-electron chi connectivity index (χ4n) is 4.31. The van der Waals surface area contributed by atoms with E-state index in [0.29, 0.717) is 35.6 Å². The number of benzene rings is 1. The van der Waals surface area contributed by atoms with Gasteiger partial charge >= 0.3 is 6.09 Å². The number of carbonyl (C=O) groups excluding carboxylic acids is 2. The molecule has 3 rings (SSSR count). The maximum absolute atomic E-state index is 13.4. The van der Waals surface area contributed by atoms with Crippen LogP contribution in [0.1, 0.15) is 62.2 Å². The quantitative estimate of drug-likeness (QED) is 0.827. The fraction of sp³-hybridized carbons (Fsp3) is 0.619. The molecule has 6 nitrogen and oxygen atoms in total. The van der Waals surface area contributed by atoms with Crippen LogP contribution in [0.15, 0.2) is 18.2 Å². The topological polar surface area (TPSA) is 67.9 Å². The highest BCUT2D eigenvalue weighted by molar-refractivity contribution is 5.98. The highest BCUT2D eigenvalue weighted by Crippen LogP contribution is 2.37. The van der Waals surface area contributed by atoms with E-state index in [0.717, 1.165) is 25.8 Å². The Morgan fingerprint density at radius 1 is 1.19 bits per heavy atom. The number of methoxy groups -OCH3 is 1. The molecular formula is C21H30N2O4. The van der Waals surface area contributed by atoms with Gasteiger partial charge in [0.15, 0.2) is 0 Å². The summed E-state index contributed by atoms with van der Waals surface area (Å²) in [7, 11) is 1.32. The molecule has 0 radical (unpaired) electrons. The predicted molar refractivity (Wildman–Crippen MR) is 104 cm³/mol. The van der Waals surface area contributed by atoms with Crippen LogP contribution in [0.25, 0.3) is 0 Å². The summed E-state index contributed by atoms with van der Waals surface area (Å²) in [5.41, 5.74) is 1.13. The van der Waals surface area contributed by atoms with Gasteiger partial charge < -0.3 is 14.4 Å². The number of hydrogen-bond donors (Lipinski definition) is 1. The van der Waals surface area contributed by atoms with E-state index in [1.807, 2.05) is 6.92 Å². The molecule has 1 aromatic rings. The Labute approximate surface area is 161 Å². The molecule has 0 aromatic heterocycles. The largest absolute Gasteiger partial charge is 0.493 e. The number of carbonyl (C=O) groups is 2. The number of hydrogen-bond acceptors (Lipinski definition) is 4. The molecule has 1 saturated carbocycles. The van der Waals surface area contributed by atoms with Crippen molar-refractivity contribution in [1.29, 1.82) is 0 Å². The first kappa shape index (κ1) is 19.5. The summed E-state index contributed by atoms with van der Waals surface area (Å²) in [6.45, 7) is 3.36. The summed E-state index contributed by atoms with van der Waals surface area (Å²) in [5.74, 6) is 1.20. The number of amides is 2. The van der Waals surface area contributed by atoms with Gasteiger partial charge in [0.2, 0.25) is 0 Å². The van der Waals surface area contributed by atoms with E-state index in [1.165, 1.54) is 32.8 Å². The van der Waals surface area contributed by atoms with Crippen molar-refractivity contribution in [2.45, 2.75) is 57.9 Å². The molecule has 2 aliphatic rings. The molecule has 2 atom stereocenters. The summed E-state index contributed by atoms with van der Waals surface area (Å²) in [5, 5.41) is 2.63. The molecule has 1 aromatic carbocycles. The molecular weight excluding hydrogens is 344 g/mol. The van der Waals surface area contributed by atoms with Crippen LogP contribution in [-0.2, 0) is 4.74 Å². The van der Waals surface area contributed by atoms with E-state index >= 15 is 0 Å². The SMILES string of the molecule is CCCOc1cc(NC(=O)OC)ccc1C(=O)N1CCC[C@H]2CCCC[C@H]21. The number of ether oxygens (including phenoxy) is 2. The molecule has 1 heterocycles. The summed E-state index contributed by atoms with van der Waals surface area (Å²) in [6, 6.07) is 5.55. The first-order valence-electron chi connectivity index (χ1n) is 10.1. The minimum atomic E-state index is -0.545. The Hall–Kier alpha value is -2.24. The van der Waals surface area contributed by atoms with Crippen molar-refractivity contribution in [2.75, 3.05) is 25.6 Å². The zero-order valence-corrected chi connectivity index (χ0v) is 16.3. The lowest BCUT2D eigenvalue weighted by atomic mass is 9.78. The molecule has 27 heavy (non-hydrogen) atoms. The summed E-state index contributed by atoms with van der Waals surface area (Å²) in [4.78, 5) is 26.9. The molecule has 0 spiro atoms. The van der Waals surface area contributed by atoms with Crippen molar-refractivity contribution in [2.24, 2.45) is 5.92 Å². The molecule has 1 saturated heterocycles. The maximum Gasteiger partial charge on any atom is 0.411 e. The van der Waals surface area contributed by atoms with Gasteiger partial charge in [-0.1, -0.05) is 19.8 Å². The van der Waals surface area contributed by atoms with Crippen LogP contribution >= 0.6 is 0 Å². The van der Waals surface area contributed by atoms with Gasteiger partial charge in [-0.25, -0.2) is 4.79 Å². The second kappa shape index (κ2) is 9.11. The van der Waals surface area contributed by atoms with E-state index < -0.39 is 6.09 Å². The summed E-state index contributed by atoms with van der Waals surface area (Å²) >= 11 is 0. The van der Waals surface area contributed by atoms with Crippen molar-refractivity contribution in [3.8, 4) is 5.75 Å². The van der Waals surface area contributed by atoms with Crippen LogP contribution in [0.4, 0.5) is 10.5 Å². The van der Waals surface area contributed by atoms with Crippen molar-refractivity contribution in [3.05, 3.63) is 23.8 Å². The standard InChI is InChI=1S/C21H30N2O4/c1-3-13-27-19-14-16(22-21(25)26-2)10-11-17(19)20(24)23-12-6-8-15-7-4-5-9-18(15)23/h10-11,14-15,18H,3-9,12-13H2,1-2H3,(H,22,25)/t15-,18-/m1/s1. The number of fused-ring (bicyclic) bond motifs is 1. The molecule has 1 aliphatic carbocycles. The molecule has 1 N–H and O–H groups in total. The van der Waals surface area contributed by atoms with Crippen molar-refractivity contribution >= 4 is 17.7 Å². The van der Waals surface area contributed by atoms with E-state index in [2.05, 4.69) is 15.0 Å². The predicted octanol–water partition coefficient (Wildman–Crippen LogP) is 4.45. The third kappa shape index (κ3) is 4.54. The third-order valence-corrected chi connectivity index (χ3v) is 5.61. The van der Waals surface area contributed by atoms with Crippen LogP contribution in [0.5, 0.6) is 5.75 Å². The lowest BCUT2D eigenvalue weighted by molar-refractivity contribution is 0.0387. The monoisotopic (exact) mass is 374 g/mol. The second-order valence-corrected chi connectivity index (χ2v) is 7.43. The zero-order valence-electron chi connectivity index (χ0n) is 16.3. The molecule has 2 fully saturated rings. The van der Waals surface area contributed by atoms with Gasteiger partial charge in [-0.2, -0.15) is 0 Å². The number of rotatable bonds is 5. The van der Waals surface area contributed by atoms with Crippen LogP contribution < -0.4 is 10.1 Å². The van der Waals surface area contributed by atoms with Crippen molar-refractivity contribution in [1.82, 2.24) is 4.90 Å². The Kier molecular flexibility index (Phi) is 6.58. The van der Waals surface area contributed by atoms with Crippen LogP contribution in [0, 0.1) is 5.92 Å². The van der Waals surface area contributed by atoms with Gasteiger partial charge in [0.1, 0.15) is 5.75 Å².